The van der Waals surface area contributed by atoms with E-state index in [4.69, 9.17) is 10.9 Å². The van der Waals surface area contributed by atoms with Crippen LogP contribution in [0.3, 0.4) is 0 Å². The lowest BCUT2D eigenvalue weighted by molar-refractivity contribution is 0.318. The lowest BCUT2D eigenvalue weighted by Crippen LogP contribution is -2.31. The van der Waals surface area contributed by atoms with Gasteiger partial charge in [0.25, 0.3) is 5.56 Å². The molecule has 0 fully saturated rings. The molecule has 0 bridgehead atoms. The summed E-state index contributed by atoms with van der Waals surface area (Å²) >= 11 is 0. The van der Waals surface area contributed by atoms with Crippen molar-refractivity contribution in [2.45, 2.75) is 13.5 Å². The molecule has 0 aliphatic carbocycles. The molecular formula is C12H15N5O2. The van der Waals surface area contributed by atoms with Crippen LogP contribution in [0.1, 0.15) is 17.0 Å². The summed E-state index contributed by atoms with van der Waals surface area (Å²) in [6.45, 7) is 2.17. The Kier molecular flexibility index (Phi) is 3.37. The van der Waals surface area contributed by atoms with E-state index in [2.05, 4.69) is 10.3 Å². The summed E-state index contributed by atoms with van der Waals surface area (Å²) in [6, 6.07) is 5.13. The number of aryl methyl sites for hydroxylation is 2. The number of hydrogen-bond donors (Lipinski definition) is 2. The summed E-state index contributed by atoms with van der Waals surface area (Å²) in [5.41, 5.74) is 6.89. The van der Waals surface area contributed by atoms with E-state index in [9.17, 15) is 4.79 Å². The summed E-state index contributed by atoms with van der Waals surface area (Å²) < 4.78 is 3.21. The van der Waals surface area contributed by atoms with Gasteiger partial charge in [-0.25, -0.2) is 0 Å². The Morgan fingerprint density at radius 1 is 1.47 bits per heavy atom. The van der Waals surface area contributed by atoms with Crippen molar-refractivity contribution in [2.24, 2.45) is 17.9 Å². The fraction of sp³-hybridized carbons (Fsp3) is 0.250. The molecule has 0 spiro atoms. The molecule has 0 unspecified atom stereocenters. The number of hydrogen-bond acceptors (Lipinski definition) is 4. The molecule has 7 heteroatoms. The Bertz CT molecular complexity index is 684. The second kappa shape index (κ2) is 4.97. The smallest absolute Gasteiger partial charge is 0.262 e. The molecule has 0 radical (unpaired) electrons. The van der Waals surface area contributed by atoms with Crippen LogP contribution in [0.4, 0.5) is 0 Å². The molecule has 2 rings (SSSR count). The summed E-state index contributed by atoms with van der Waals surface area (Å²) in [7, 11) is 1.81. The molecular weight excluding hydrogens is 246 g/mol. The lowest BCUT2D eigenvalue weighted by Gasteiger charge is -2.10. The second-order valence-corrected chi connectivity index (χ2v) is 4.25. The predicted octanol–water partition coefficient (Wildman–Crippen LogP) is 0.0330. The molecule has 3 N–H and O–H groups in total. The molecule has 7 nitrogen and oxygen atoms in total. The van der Waals surface area contributed by atoms with Gasteiger partial charge in [-0.15, -0.1) is 0 Å². The summed E-state index contributed by atoms with van der Waals surface area (Å²) in [5, 5.41) is 15.8. The van der Waals surface area contributed by atoms with Gasteiger partial charge in [0, 0.05) is 18.9 Å². The average Bonchev–Trinajstić information content (AvgIpc) is 2.79. The van der Waals surface area contributed by atoms with Crippen LogP contribution in [-0.2, 0) is 13.6 Å². The van der Waals surface area contributed by atoms with Crippen LogP contribution in [0, 0.1) is 6.92 Å². The number of aromatic nitrogens is 3. The minimum Gasteiger partial charge on any atom is -0.409 e. The van der Waals surface area contributed by atoms with Crippen molar-refractivity contribution in [3.63, 3.8) is 0 Å². The number of nitrogens with two attached hydrogens (primary N) is 1. The van der Waals surface area contributed by atoms with Crippen molar-refractivity contribution in [1.82, 2.24) is 14.3 Å². The Labute approximate surface area is 109 Å². The van der Waals surface area contributed by atoms with Gasteiger partial charge in [0.15, 0.2) is 5.84 Å². The quantitative estimate of drug-likeness (QED) is 0.352. The molecule has 0 atom stereocenters. The van der Waals surface area contributed by atoms with Gasteiger partial charge in [-0.05, 0) is 25.1 Å². The van der Waals surface area contributed by atoms with Crippen LogP contribution in [0.25, 0.3) is 0 Å². The summed E-state index contributed by atoms with van der Waals surface area (Å²) in [4.78, 5) is 12.3. The highest BCUT2D eigenvalue weighted by Gasteiger charge is 2.11. The van der Waals surface area contributed by atoms with E-state index in [-0.39, 0.29) is 17.0 Å². The first-order valence-electron chi connectivity index (χ1n) is 5.70. The zero-order valence-electron chi connectivity index (χ0n) is 10.7. The number of rotatable bonds is 3. The Hall–Kier alpha value is -2.57. The molecule has 0 aromatic carbocycles. The maximum absolute atomic E-state index is 12.3. The molecule has 0 aliphatic rings. The number of nitrogens with zero attached hydrogens (tertiary/aromatic N) is 4. The van der Waals surface area contributed by atoms with E-state index in [0.717, 1.165) is 11.4 Å². The van der Waals surface area contributed by atoms with E-state index in [1.807, 2.05) is 26.2 Å². The predicted molar refractivity (Wildman–Crippen MR) is 70.3 cm³/mol. The normalized spacial score (nSPS) is 11.8. The van der Waals surface area contributed by atoms with Gasteiger partial charge in [-0.2, -0.15) is 5.10 Å². The molecule has 2 aromatic heterocycles. The van der Waals surface area contributed by atoms with Gasteiger partial charge in [0.05, 0.1) is 17.8 Å². The first kappa shape index (κ1) is 12.9. The van der Waals surface area contributed by atoms with E-state index < -0.39 is 0 Å². The third kappa shape index (κ3) is 2.49. The van der Waals surface area contributed by atoms with Crippen molar-refractivity contribution in [3.8, 4) is 0 Å². The minimum atomic E-state index is -0.305. The van der Waals surface area contributed by atoms with Gasteiger partial charge in [-0.3, -0.25) is 9.48 Å². The van der Waals surface area contributed by atoms with E-state index >= 15 is 0 Å². The third-order valence-electron chi connectivity index (χ3n) is 2.87. The van der Waals surface area contributed by atoms with E-state index in [1.54, 1.807) is 16.8 Å². The van der Waals surface area contributed by atoms with Gasteiger partial charge in [-0.1, -0.05) is 5.16 Å². The van der Waals surface area contributed by atoms with Crippen LogP contribution in [0.15, 0.2) is 34.3 Å². The summed E-state index contributed by atoms with van der Waals surface area (Å²) in [6.07, 6.45) is 1.81. The van der Waals surface area contributed by atoms with E-state index in [1.165, 1.54) is 4.57 Å². The topological polar surface area (TPSA) is 98.4 Å². The Morgan fingerprint density at radius 3 is 2.79 bits per heavy atom. The first-order chi connectivity index (χ1) is 9.02. The highest BCUT2D eigenvalue weighted by molar-refractivity contribution is 5.96. The van der Waals surface area contributed by atoms with Crippen molar-refractivity contribution < 1.29 is 5.21 Å². The molecule has 2 heterocycles. The summed E-state index contributed by atoms with van der Waals surface area (Å²) in [5.74, 6) is -0.195. The SMILES string of the molecule is Cc1ccc(/C(N)=N/O)c(=O)n1Cc1ccn(C)n1. The van der Waals surface area contributed by atoms with Gasteiger partial charge in [0.2, 0.25) is 0 Å². The van der Waals surface area contributed by atoms with Crippen LogP contribution in [-0.4, -0.2) is 25.4 Å². The van der Waals surface area contributed by atoms with Crippen molar-refractivity contribution in [3.05, 3.63) is 51.7 Å². The maximum atomic E-state index is 12.3. The molecule has 19 heavy (non-hydrogen) atoms. The average molecular weight is 261 g/mol. The highest BCUT2D eigenvalue weighted by Crippen LogP contribution is 2.03. The first-order valence-corrected chi connectivity index (χ1v) is 5.70. The van der Waals surface area contributed by atoms with Crippen LogP contribution < -0.4 is 11.3 Å². The monoisotopic (exact) mass is 261 g/mol. The van der Waals surface area contributed by atoms with Crippen LogP contribution in [0.5, 0.6) is 0 Å². The fourth-order valence-electron chi connectivity index (χ4n) is 1.83. The molecule has 0 amide bonds. The molecule has 2 aromatic rings. The van der Waals surface area contributed by atoms with Gasteiger partial charge in [0.1, 0.15) is 0 Å². The fourth-order valence-corrected chi connectivity index (χ4v) is 1.83. The van der Waals surface area contributed by atoms with Crippen molar-refractivity contribution in [1.29, 1.82) is 0 Å². The van der Waals surface area contributed by atoms with Gasteiger partial charge < -0.3 is 15.5 Å². The lowest BCUT2D eigenvalue weighted by atomic mass is 10.2. The zero-order valence-corrected chi connectivity index (χ0v) is 10.7. The third-order valence-corrected chi connectivity index (χ3v) is 2.87. The molecule has 0 saturated carbocycles. The van der Waals surface area contributed by atoms with E-state index in [0.29, 0.717) is 6.54 Å². The zero-order chi connectivity index (χ0) is 14.0. The molecule has 0 saturated heterocycles. The Balaban J connectivity index is 2.48. The van der Waals surface area contributed by atoms with Crippen LogP contribution >= 0.6 is 0 Å². The number of pyridine rings is 1. The maximum Gasteiger partial charge on any atom is 0.262 e. The van der Waals surface area contributed by atoms with Crippen molar-refractivity contribution >= 4 is 5.84 Å². The Morgan fingerprint density at radius 2 is 2.21 bits per heavy atom. The minimum absolute atomic E-state index is 0.170. The standard InChI is InChI=1S/C12H15N5O2/c1-8-3-4-10(11(13)15-19)12(18)17(8)7-9-5-6-16(2)14-9/h3-6,19H,7H2,1-2H3,(H2,13,15). The molecule has 100 valence electrons. The number of amidine groups is 1. The van der Waals surface area contributed by atoms with Crippen LogP contribution in [0.2, 0.25) is 0 Å². The second-order valence-electron chi connectivity index (χ2n) is 4.25. The molecule has 0 aliphatic heterocycles. The number of oxime groups is 1. The van der Waals surface area contributed by atoms with Crippen molar-refractivity contribution in [2.75, 3.05) is 0 Å². The highest BCUT2D eigenvalue weighted by atomic mass is 16.4. The largest absolute Gasteiger partial charge is 0.409 e. The van der Waals surface area contributed by atoms with Gasteiger partial charge >= 0.3 is 0 Å².